The van der Waals surface area contributed by atoms with E-state index in [-0.39, 0.29) is 23.9 Å². The van der Waals surface area contributed by atoms with Crippen LogP contribution in [0.1, 0.15) is 16.7 Å². The van der Waals surface area contributed by atoms with Gasteiger partial charge in [-0.1, -0.05) is 24.8 Å². The van der Waals surface area contributed by atoms with Crippen molar-refractivity contribution in [1.82, 2.24) is 0 Å². The van der Waals surface area contributed by atoms with Crippen molar-refractivity contribution < 1.29 is 34.8 Å². The van der Waals surface area contributed by atoms with Gasteiger partial charge in [-0.2, -0.15) is 26.3 Å². The molecule has 0 saturated heterocycles. The molecular formula is C16H11F6NO2S. The van der Waals surface area contributed by atoms with Gasteiger partial charge in [0.2, 0.25) is 0 Å². The lowest BCUT2D eigenvalue weighted by atomic mass is 10.1. The van der Waals surface area contributed by atoms with Gasteiger partial charge < -0.3 is 0 Å². The van der Waals surface area contributed by atoms with E-state index >= 15 is 0 Å². The fraction of sp³-hybridized carbons (Fsp3) is 0.125. The number of benzene rings is 2. The number of nitrogens with one attached hydrogen (secondary N) is 1. The van der Waals surface area contributed by atoms with Gasteiger partial charge in [0.15, 0.2) is 0 Å². The lowest BCUT2D eigenvalue weighted by Gasteiger charge is -2.17. The summed E-state index contributed by atoms with van der Waals surface area (Å²) < 4.78 is 104. The highest BCUT2D eigenvalue weighted by atomic mass is 32.2. The first kappa shape index (κ1) is 19.8. The summed E-state index contributed by atoms with van der Waals surface area (Å²) in [7, 11) is -4.93. The van der Waals surface area contributed by atoms with E-state index in [2.05, 4.69) is 6.58 Å². The zero-order chi connectivity index (χ0) is 19.8. The van der Waals surface area contributed by atoms with Gasteiger partial charge >= 0.3 is 12.4 Å². The Labute approximate surface area is 145 Å². The minimum absolute atomic E-state index is 0.0384. The molecule has 0 radical (unpaired) electrons. The molecule has 0 unspecified atom stereocenters. The second-order valence-electron chi connectivity index (χ2n) is 5.14. The van der Waals surface area contributed by atoms with Crippen LogP contribution in [0, 0.1) is 0 Å². The normalized spacial score (nSPS) is 12.7. The van der Waals surface area contributed by atoms with E-state index in [0.29, 0.717) is 5.56 Å². The Balaban J connectivity index is 2.56. The summed E-state index contributed by atoms with van der Waals surface area (Å²) in [5, 5.41) is 0. The molecule has 0 aliphatic heterocycles. The van der Waals surface area contributed by atoms with Crippen molar-refractivity contribution in [2.75, 3.05) is 4.72 Å². The molecule has 0 bridgehead atoms. The van der Waals surface area contributed by atoms with Crippen LogP contribution in [-0.2, 0) is 22.4 Å². The SMILES string of the molecule is C=Cc1ccc(NS(=O)(=O)c2cc(C(F)(F)F)ccc2C(F)(F)F)cc1. The topological polar surface area (TPSA) is 46.2 Å². The van der Waals surface area contributed by atoms with Gasteiger partial charge in [0.1, 0.15) is 4.90 Å². The molecule has 1 N–H and O–H groups in total. The van der Waals surface area contributed by atoms with Crippen LogP contribution in [0.2, 0.25) is 0 Å². The first-order chi connectivity index (χ1) is 11.8. The minimum atomic E-state index is -5.15. The van der Waals surface area contributed by atoms with Crippen LogP contribution < -0.4 is 4.72 Å². The molecule has 3 nitrogen and oxygen atoms in total. The summed E-state index contributed by atoms with van der Waals surface area (Å²) in [6, 6.07) is 5.59. The summed E-state index contributed by atoms with van der Waals surface area (Å²) >= 11 is 0. The third-order valence-corrected chi connectivity index (χ3v) is 4.72. The van der Waals surface area contributed by atoms with Crippen LogP contribution in [0.4, 0.5) is 32.0 Å². The Morgan fingerprint density at radius 2 is 1.46 bits per heavy atom. The lowest BCUT2D eigenvalue weighted by molar-refractivity contribution is -0.143. The molecule has 26 heavy (non-hydrogen) atoms. The van der Waals surface area contributed by atoms with E-state index in [1.54, 1.807) is 0 Å². The van der Waals surface area contributed by atoms with Crippen LogP contribution in [0.15, 0.2) is 53.9 Å². The molecule has 0 heterocycles. The summed E-state index contributed by atoms with van der Waals surface area (Å²) in [5.74, 6) is 0. The van der Waals surface area contributed by atoms with E-state index in [9.17, 15) is 34.8 Å². The standard InChI is InChI=1S/C16H11F6NO2S/c1-2-10-3-6-12(7-4-10)23-26(24,25)14-9-11(15(17,18)19)5-8-13(14)16(20,21)22/h2-9,23H,1H2. The largest absolute Gasteiger partial charge is 0.417 e. The highest BCUT2D eigenvalue weighted by Gasteiger charge is 2.40. The highest BCUT2D eigenvalue weighted by Crippen LogP contribution is 2.38. The molecule has 0 aromatic heterocycles. The van der Waals surface area contributed by atoms with Gasteiger partial charge in [-0.3, -0.25) is 4.72 Å². The van der Waals surface area contributed by atoms with E-state index in [4.69, 9.17) is 0 Å². The second-order valence-corrected chi connectivity index (χ2v) is 6.79. The van der Waals surface area contributed by atoms with Crippen LogP contribution in [0.5, 0.6) is 0 Å². The molecule has 0 fully saturated rings. The van der Waals surface area contributed by atoms with Crippen LogP contribution >= 0.6 is 0 Å². The van der Waals surface area contributed by atoms with Gasteiger partial charge in [-0.15, -0.1) is 0 Å². The average molecular weight is 395 g/mol. The van der Waals surface area contributed by atoms with Crippen molar-refractivity contribution in [3.05, 3.63) is 65.7 Å². The summed E-state index contributed by atoms with van der Waals surface area (Å²) in [6.07, 6.45) is -8.70. The van der Waals surface area contributed by atoms with Crippen molar-refractivity contribution >= 4 is 21.8 Å². The van der Waals surface area contributed by atoms with Crippen molar-refractivity contribution in [3.63, 3.8) is 0 Å². The predicted molar refractivity (Wildman–Crippen MR) is 83.8 cm³/mol. The van der Waals surface area contributed by atoms with E-state index < -0.39 is 38.4 Å². The first-order valence-electron chi connectivity index (χ1n) is 6.88. The van der Waals surface area contributed by atoms with E-state index in [0.717, 1.165) is 0 Å². The Kier molecular flexibility index (Phi) is 5.09. The molecule has 0 amide bonds. The van der Waals surface area contributed by atoms with Gasteiger partial charge in [-0.25, -0.2) is 8.42 Å². The number of sulfonamides is 1. The van der Waals surface area contributed by atoms with E-state index in [1.165, 1.54) is 30.3 Å². The monoisotopic (exact) mass is 395 g/mol. The molecule has 0 saturated carbocycles. The smallest absolute Gasteiger partial charge is 0.280 e. The maximum absolute atomic E-state index is 13.1. The molecule has 0 atom stereocenters. The Bertz CT molecular complexity index is 915. The molecular weight excluding hydrogens is 384 g/mol. The molecule has 10 heteroatoms. The Morgan fingerprint density at radius 1 is 0.885 bits per heavy atom. The van der Waals surface area contributed by atoms with Gasteiger partial charge in [0.05, 0.1) is 11.1 Å². The number of rotatable bonds is 4. The zero-order valence-corrected chi connectivity index (χ0v) is 13.6. The van der Waals surface area contributed by atoms with Crippen molar-refractivity contribution in [3.8, 4) is 0 Å². The lowest BCUT2D eigenvalue weighted by Crippen LogP contribution is -2.20. The van der Waals surface area contributed by atoms with Crippen LogP contribution in [-0.4, -0.2) is 8.42 Å². The number of halogens is 6. The summed E-state index contributed by atoms with van der Waals surface area (Å²) in [4.78, 5) is -1.51. The highest BCUT2D eigenvalue weighted by molar-refractivity contribution is 7.92. The average Bonchev–Trinajstić information content (AvgIpc) is 2.53. The first-order valence-corrected chi connectivity index (χ1v) is 8.36. The maximum Gasteiger partial charge on any atom is 0.417 e. The molecule has 2 aromatic rings. The molecule has 0 spiro atoms. The molecule has 0 aliphatic rings. The second kappa shape index (κ2) is 6.67. The molecule has 0 aliphatic carbocycles. The third-order valence-electron chi connectivity index (χ3n) is 3.30. The number of hydrogen-bond acceptors (Lipinski definition) is 2. The zero-order valence-electron chi connectivity index (χ0n) is 12.8. The molecule has 140 valence electrons. The Hall–Kier alpha value is -2.49. The Morgan fingerprint density at radius 3 is 1.92 bits per heavy atom. The van der Waals surface area contributed by atoms with Crippen molar-refractivity contribution in [2.45, 2.75) is 17.2 Å². The van der Waals surface area contributed by atoms with Crippen molar-refractivity contribution in [1.29, 1.82) is 0 Å². The van der Waals surface area contributed by atoms with Gasteiger partial charge in [0, 0.05) is 5.69 Å². The maximum atomic E-state index is 13.1. The number of alkyl halides is 6. The van der Waals surface area contributed by atoms with Crippen LogP contribution in [0.25, 0.3) is 6.08 Å². The number of hydrogen-bond donors (Lipinski definition) is 1. The molecule has 2 rings (SSSR count). The number of anilines is 1. The van der Waals surface area contributed by atoms with Crippen molar-refractivity contribution in [2.24, 2.45) is 0 Å². The van der Waals surface area contributed by atoms with Gasteiger partial charge in [0.25, 0.3) is 10.0 Å². The fourth-order valence-corrected chi connectivity index (χ4v) is 3.36. The van der Waals surface area contributed by atoms with Gasteiger partial charge in [-0.05, 0) is 35.9 Å². The summed E-state index contributed by atoms with van der Waals surface area (Å²) in [6.45, 7) is 3.48. The fourth-order valence-electron chi connectivity index (χ4n) is 2.05. The minimum Gasteiger partial charge on any atom is -0.280 e. The predicted octanol–water partition coefficient (Wildman–Crippen LogP) is 5.17. The molecule has 2 aromatic carbocycles. The van der Waals surface area contributed by atoms with E-state index in [1.807, 2.05) is 4.72 Å². The van der Waals surface area contributed by atoms with Crippen LogP contribution in [0.3, 0.4) is 0 Å². The quantitative estimate of drug-likeness (QED) is 0.727. The third kappa shape index (κ3) is 4.37. The summed E-state index contributed by atoms with van der Waals surface area (Å²) in [5.41, 5.74) is -2.70.